The van der Waals surface area contributed by atoms with E-state index in [1.54, 1.807) is 0 Å². The second-order valence-electron chi connectivity index (χ2n) is 6.94. The van der Waals surface area contributed by atoms with Gasteiger partial charge in [0.1, 0.15) is 0 Å². The number of likely N-dealkylation sites (tertiary alicyclic amines) is 1. The van der Waals surface area contributed by atoms with Crippen LogP contribution in [0.2, 0.25) is 0 Å². The highest BCUT2D eigenvalue weighted by atomic mass is 16.5. The van der Waals surface area contributed by atoms with Crippen LogP contribution in [0.4, 0.5) is 0 Å². The molecule has 21 heavy (non-hydrogen) atoms. The van der Waals surface area contributed by atoms with Crippen molar-refractivity contribution < 1.29 is 4.52 Å². The van der Waals surface area contributed by atoms with Gasteiger partial charge < -0.3 is 9.09 Å². The molecule has 1 atom stereocenters. The van der Waals surface area contributed by atoms with Gasteiger partial charge in [-0.3, -0.25) is 4.90 Å². The number of nitrogens with zero attached hydrogens (tertiary/aromatic N) is 4. The molecular weight excluding hydrogens is 264 g/mol. The van der Waals surface area contributed by atoms with Crippen molar-refractivity contribution >= 4 is 0 Å². The maximum atomic E-state index is 5.40. The first-order valence-corrected chi connectivity index (χ1v) is 7.63. The van der Waals surface area contributed by atoms with Crippen LogP contribution in [0.15, 0.2) is 22.9 Å². The predicted molar refractivity (Wildman–Crippen MR) is 80.8 cm³/mol. The van der Waals surface area contributed by atoms with Crippen molar-refractivity contribution in [3.05, 3.63) is 35.7 Å². The fourth-order valence-electron chi connectivity index (χ4n) is 2.98. The lowest BCUT2D eigenvalue weighted by atomic mass is 9.97. The number of hydrogen-bond donors (Lipinski definition) is 0. The van der Waals surface area contributed by atoms with E-state index in [9.17, 15) is 0 Å². The summed E-state index contributed by atoms with van der Waals surface area (Å²) in [5.41, 5.74) is 1.28. The van der Waals surface area contributed by atoms with E-state index >= 15 is 0 Å². The van der Waals surface area contributed by atoms with Gasteiger partial charge in [-0.25, -0.2) is 0 Å². The summed E-state index contributed by atoms with van der Waals surface area (Å²) in [4.78, 5) is 7.01. The number of rotatable bonds is 3. The molecule has 0 radical (unpaired) electrons. The molecule has 0 bridgehead atoms. The Morgan fingerprint density at radius 2 is 2.19 bits per heavy atom. The van der Waals surface area contributed by atoms with Crippen molar-refractivity contribution in [3.63, 3.8) is 0 Å². The zero-order chi connectivity index (χ0) is 15.0. The summed E-state index contributed by atoms with van der Waals surface area (Å²) in [7, 11) is 2.11. The van der Waals surface area contributed by atoms with Crippen molar-refractivity contribution in [2.24, 2.45) is 7.05 Å². The van der Waals surface area contributed by atoms with Crippen molar-refractivity contribution in [2.45, 2.75) is 51.6 Å². The molecule has 0 aliphatic carbocycles. The van der Waals surface area contributed by atoms with Crippen LogP contribution in [0.1, 0.15) is 57.1 Å². The van der Waals surface area contributed by atoms with Gasteiger partial charge in [-0.2, -0.15) is 4.98 Å². The molecule has 1 saturated heterocycles. The van der Waals surface area contributed by atoms with Gasteiger partial charge in [0.25, 0.3) is 0 Å². The molecule has 2 aromatic heterocycles. The first-order chi connectivity index (χ1) is 9.95. The van der Waals surface area contributed by atoms with Gasteiger partial charge in [-0.05, 0) is 31.5 Å². The molecule has 0 saturated carbocycles. The van der Waals surface area contributed by atoms with E-state index in [-0.39, 0.29) is 5.41 Å². The van der Waals surface area contributed by atoms with Crippen LogP contribution in [0.5, 0.6) is 0 Å². The SMILES string of the molecule is Cn1cccc1C1CCCN1Cc1noc(C(C)(C)C)n1. The Morgan fingerprint density at radius 3 is 2.81 bits per heavy atom. The average Bonchev–Trinajstić information content (AvgIpc) is 3.09. The second kappa shape index (κ2) is 5.30. The summed E-state index contributed by atoms with van der Waals surface area (Å²) in [6.07, 6.45) is 4.53. The van der Waals surface area contributed by atoms with Crippen molar-refractivity contribution in [2.75, 3.05) is 6.54 Å². The third-order valence-electron chi connectivity index (χ3n) is 4.14. The van der Waals surface area contributed by atoms with Gasteiger partial charge in [-0.15, -0.1) is 0 Å². The van der Waals surface area contributed by atoms with Crippen LogP contribution in [-0.2, 0) is 19.0 Å². The van der Waals surface area contributed by atoms with E-state index in [4.69, 9.17) is 4.52 Å². The third kappa shape index (κ3) is 2.88. The summed E-state index contributed by atoms with van der Waals surface area (Å²) >= 11 is 0. The molecule has 3 rings (SSSR count). The van der Waals surface area contributed by atoms with Crippen molar-refractivity contribution in [1.82, 2.24) is 19.6 Å². The lowest BCUT2D eigenvalue weighted by molar-refractivity contribution is 0.230. The van der Waals surface area contributed by atoms with E-state index in [1.807, 2.05) is 0 Å². The molecule has 1 unspecified atom stereocenters. The lowest BCUT2D eigenvalue weighted by Crippen LogP contribution is -2.24. The Morgan fingerprint density at radius 1 is 1.38 bits per heavy atom. The standard InChI is InChI=1S/C16H24N4O/c1-16(2,3)15-17-14(18-21-15)11-20-10-6-8-13(20)12-7-5-9-19(12)4/h5,7,9,13H,6,8,10-11H2,1-4H3. The molecule has 1 aliphatic heterocycles. The van der Waals surface area contributed by atoms with E-state index in [0.717, 1.165) is 18.9 Å². The minimum Gasteiger partial charge on any atom is -0.353 e. The highest BCUT2D eigenvalue weighted by Gasteiger charge is 2.29. The smallest absolute Gasteiger partial charge is 0.232 e. The summed E-state index contributed by atoms with van der Waals surface area (Å²) in [6.45, 7) is 8.12. The largest absolute Gasteiger partial charge is 0.353 e. The third-order valence-corrected chi connectivity index (χ3v) is 4.14. The fraction of sp³-hybridized carbons (Fsp3) is 0.625. The number of aromatic nitrogens is 3. The molecule has 0 aromatic carbocycles. The minimum absolute atomic E-state index is 0.0895. The molecule has 5 heteroatoms. The molecule has 1 fully saturated rings. The van der Waals surface area contributed by atoms with Gasteiger partial charge in [-0.1, -0.05) is 25.9 Å². The van der Waals surface area contributed by atoms with Gasteiger partial charge >= 0.3 is 0 Å². The Labute approximate surface area is 125 Å². The maximum absolute atomic E-state index is 5.40. The number of aryl methyl sites for hydroxylation is 1. The van der Waals surface area contributed by atoms with Crippen LogP contribution in [0, 0.1) is 0 Å². The van der Waals surface area contributed by atoms with Crippen LogP contribution < -0.4 is 0 Å². The summed E-state index contributed by atoms with van der Waals surface area (Å²) in [6, 6.07) is 4.78. The maximum Gasteiger partial charge on any atom is 0.232 e. The van der Waals surface area contributed by atoms with E-state index in [1.165, 1.54) is 18.5 Å². The molecule has 114 valence electrons. The molecule has 2 aromatic rings. The summed E-state index contributed by atoms with van der Waals surface area (Å²) in [5, 5.41) is 4.15. The molecule has 0 N–H and O–H groups in total. The monoisotopic (exact) mass is 288 g/mol. The topological polar surface area (TPSA) is 47.1 Å². The zero-order valence-corrected chi connectivity index (χ0v) is 13.3. The average molecular weight is 288 g/mol. The molecule has 5 nitrogen and oxygen atoms in total. The highest BCUT2D eigenvalue weighted by molar-refractivity contribution is 5.13. The number of hydrogen-bond acceptors (Lipinski definition) is 4. The van der Waals surface area contributed by atoms with Gasteiger partial charge in [0.15, 0.2) is 5.82 Å². The van der Waals surface area contributed by atoms with Crippen LogP contribution in [-0.4, -0.2) is 26.2 Å². The fourth-order valence-corrected chi connectivity index (χ4v) is 2.98. The Hall–Kier alpha value is -1.62. The minimum atomic E-state index is -0.0895. The van der Waals surface area contributed by atoms with Crippen molar-refractivity contribution in [3.8, 4) is 0 Å². The summed E-state index contributed by atoms with van der Waals surface area (Å²) in [5.74, 6) is 1.51. The first kappa shape index (κ1) is 14.3. The quantitative estimate of drug-likeness (QED) is 0.871. The van der Waals surface area contributed by atoms with Crippen molar-refractivity contribution in [1.29, 1.82) is 0 Å². The predicted octanol–water partition coefficient (Wildman–Crippen LogP) is 3.04. The Kier molecular flexibility index (Phi) is 3.61. The Balaban J connectivity index is 1.75. The normalized spacial score (nSPS) is 20.3. The van der Waals surface area contributed by atoms with E-state index < -0.39 is 0 Å². The van der Waals surface area contributed by atoms with Gasteiger partial charge in [0.05, 0.1) is 12.6 Å². The summed E-state index contributed by atoms with van der Waals surface area (Å²) < 4.78 is 7.60. The molecule has 1 aliphatic rings. The molecule has 0 spiro atoms. The van der Waals surface area contributed by atoms with Crippen LogP contribution in [0.25, 0.3) is 0 Å². The molecule has 0 amide bonds. The second-order valence-corrected chi connectivity index (χ2v) is 6.94. The molecule has 3 heterocycles. The van der Waals surface area contributed by atoms with Crippen LogP contribution in [0.3, 0.4) is 0 Å². The van der Waals surface area contributed by atoms with Crippen LogP contribution >= 0.6 is 0 Å². The van der Waals surface area contributed by atoms with Gasteiger partial charge in [0.2, 0.25) is 5.89 Å². The Bertz CT molecular complexity index is 608. The zero-order valence-electron chi connectivity index (χ0n) is 13.3. The first-order valence-electron chi connectivity index (χ1n) is 7.63. The van der Waals surface area contributed by atoms with E-state index in [2.05, 4.69) is 65.8 Å². The lowest BCUT2D eigenvalue weighted by Gasteiger charge is -2.23. The highest BCUT2D eigenvalue weighted by Crippen LogP contribution is 2.33. The molecular formula is C16H24N4O. The van der Waals surface area contributed by atoms with Gasteiger partial charge in [0, 0.05) is 24.4 Å². The van der Waals surface area contributed by atoms with E-state index in [0.29, 0.717) is 11.9 Å².